The van der Waals surface area contributed by atoms with E-state index in [1.165, 1.54) is 16.4 Å². The second kappa shape index (κ2) is 12.8. The second-order valence-corrected chi connectivity index (χ2v) is 12.9. The van der Waals surface area contributed by atoms with Crippen LogP contribution in [0.15, 0.2) is 24.3 Å². The lowest BCUT2D eigenvalue weighted by Crippen LogP contribution is -2.54. The molecule has 1 saturated carbocycles. The maximum atomic E-state index is 13.6. The Morgan fingerprint density at radius 2 is 1.79 bits per heavy atom. The van der Waals surface area contributed by atoms with Crippen LogP contribution in [-0.4, -0.2) is 80.4 Å². The van der Waals surface area contributed by atoms with Crippen molar-refractivity contribution in [2.75, 3.05) is 25.9 Å². The summed E-state index contributed by atoms with van der Waals surface area (Å²) in [5.74, 6) is -2.93. The standard InChI is InChI=1S/C27H40FN5O5S/c1-17(29-2)26(35)32-24(19-6-4-3-5-7-19)23(34)16-39(37,38)33-13-12-22-25(33)21(15-30-22)27(36)31-14-18-8-10-20(28)11-9-18/h8-11,17,19,21-22,24-25,29-30H,3-7,12-16H2,1-2H3,(H,31,36)(H,32,35). The van der Waals surface area contributed by atoms with Gasteiger partial charge in [0.15, 0.2) is 5.78 Å². The molecule has 4 N–H and O–H groups in total. The van der Waals surface area contributed by atoms with Gasteiger partial charge in [0.05, 0.1) is 24.0 Å². The van der Waals surface area contributed by atoms with E-state index in [0.717, 1.165) is 37.7 Å². The monoisotopic (exact) mass is 565 g/mol. The number of Topliss-reactive ketones (excluding diaryl/α,β-unsaturated/α-hetero) is 1. The predicted octanol–water partition coefficient (Wildman–Crippen LogP) is 0.676. The lowest BCUT2D eigenvalue weighted by atomic mass is 9.82. The van der Waals surface area contributed by atoms with Crippen molar-refractivity contribution in [3.63, 3.8) is 0 Å². The quantitative estimate of drug-likeness (QED) is 0.310. The van der Waals surface area contributed by atoms with E-state index in [-0.39, 0.29) is 42.7 Å². The number of carbonyl (C=O) groups is 3. The topological polar surface area (TPSA) is 137 Å². The minimum Gasteiger partial charge on any atom is -0.352 e. The number of fused-ring (bicyclic) bond motifs is 1. The Morgan fingerprint density at radius 1 is 1.10 bits per heavy atom. The molecular formula is C27H40FN5O5S. The lowest BCUT2D eigenvalue weighted by molar-refractivity contribution is -0.129. The van der Waals surface area contributed by atoms with E-state index >= 15 is 0 Å². The van der Waals surface area contributed by atoms with Crippen molar-refractivity contribution in [2.45, 2.75) is 76.2 Å². The molecule has 0 bridgehead atoms. The minimum absolute atomic E-state index is 0.0982. The van der Waals surface area contributed by atoms with E-state index in [9.17, 15) is 27.2 Å². The van der Waals surface area contributed by atoms with Gasteiger partial charge in [-0.25, -0.2) is 12.8 Å². The van der Waals surface area contributed by atoms with Gasteiger partial charge in [0.2, 0.25) is 21.8 Å². The van der Waals surface area contributed by atoms with E-state index in [0.29, 0.717) is 13.0 Å². The minimum atomic E-state index is -4.04. The summed E-state index contributed by atoms with van der Waals surface area (Å²) in [7, 11) is -2.39. The van der Waals surface area contributed by atoms with Crippen LogP contribution in [0.25, 0.3) is 0 Å². The third-order valence-corrected chi connectivity index (χ3v) is 10.2. The maximum absolute atomic E-state index is 13.6. The molecule has 5 unspecified atom stereocenters. The van der Waals surface area contributed by atoms with Gasteiger partial charge in [-0.05, 0) is 56.8 Å². The Hall–Kier alpha value is -2.41. The summed E-state index contributed by atoms with van der Waals surface area (Å²) in [6.45, 7) is 2.43. The molecule has 12 heteroatoms. The Kier molecular flexibility index (Phi) is 9.73. The number of sulfonamides is 1. The van der Waals surface area contributed by atoms with Crippen molar-refractivity contribution < 1.29 is 27.2 Å². The second-order valence-electron chi connectivity index (χ2n) is 11.0. The normalized spacial score (nSPS) is 25.6. The molecular weight excluding hydrogens is 525 g/mol. The van der Waals surface area contributed by atoms with Gasteiger partial charge in [0, 0.05) is 25.7 Å². The number of amides is 2. The number of likely N-dealkylation sites (N-methyl/N-ethyl adjacent to an activating group) is 1. The number of carbonyl (C=O) groups excluding carboxylic acids is 3. The van der Waals surface area contributed by atoms with Crippen molar-refractivity contribution in [1.82, 2.24) is 25.6 Å². The van der Waals surface area contributed by atoms with Crippen LogP contribution < -0.4 is 21.3 Å². The highest BCUT2D eigenvalue weighted by Crippen LogP contribution is 2.33. The molecule has 1 aromatic carbocycles. The first kappa shape index (κ1) is 29.6. The molecule has 0 spiro atoms. The van der Waals surface area contributed by atoms with Crippen molar-refractivity contribution in [3.05, 3.63) is 35.6 Å². The molecule has 3 fully saturated rings. The van der Waals surface area contributed by atoms with Crippen LogP contribution in [0.5, 0.6) is 0 Å². The number of hydrogen-bond acceptors (Lipinski definition) is 7. The summed E-state index contributed by atoms with van der Waals surface area (Å²) in [4.78, 5) is 39.2. The zero-order valence-electron chi connectivity index (χ0n) is 22.6. The summed E-state index contributed by atoms with van der Waals surface area (Å²) in [5.41, 5.74) is 0.733. The highest BCUT2D eigenvalue weighted by molar-refractivity contribution is 7.89. The van der Waals surface area contributed by atoms with Gasteiger partial charge in [-0.1, -0.05) is 31.4 Å². The summed E-state index contributed by atoms with van der Waals surface area (Å²) < 4.78 is 41.7. The number of nitrogens with zero attached hydrogens (tertiary/aromatic N) is 1. The molecule has 2 amide bonds. The number of nitrogens with one attached hydrogen (secondary N) is 4. The zero-order chi connectivity index (χ0) is 28.2. The fourth-order valence-electron chi connectivity index (χ4n) is 6.08. The molecule has 2 aliphatic heterocycles. The fourth-order valence-corrected chi connectivity index (χ4v) is 7.83. The number of ketones is 1. The first-order valence-corrected chi connectivity index (χ1v) is 15.5. The Bertz CT molecular complexity index is 1140. The van der Waals surface area contributed by atoms with Gasteiger partial charge in [-0.3, -0.25) is 14.4 Å². The number of hydrogen-bond donors (Lipinski definition) is 4. The van der Waals surface area contributed by atoms with Gasteiger partial charge in [0.25, 0.3) is 0 Å². The number of benzene rings is 1. The molecule has 10 nitrogen and oxygen atoms in total. The van der Waals surface area contributed by atoms with Gasteiger partial charge in [-0.15, -0.1) is 0 Å². The van der Waals surface area contributed by atoms with E-state index in [4.69, 9.17) is 0 Å². The van der Waals surface area contributed by atoms with Gasteiger partial charge in [0.1, 0.15) is 11.6 Å². The summed E-state index contributed by atoms with van der Waals surface area (Å²) >= 11 is 0. The van der Waals surface area contributed by atoms with Crippen LogP contribution in [0, 0.1) is 17.7 Å². The molecule has 3 aliphatic rings. The van der Waals surface area contributed by atoms with E-state index in [1.807, 2.05) is 0 Å². The molecule has 2 heterocycles. The highest BCUT2D eigenvalue weighted by atomic mass is 32.2. The number of rotatable bonds is 11. The maximum Gasteiger partial charge on any atom is 0.237 e. The number of halogens is 1. The van der Waals surface area contributed by atoms with Crippen LogP contribution in [0.3, 0.4) is 0 Å². The molecule has 39 heavy (non-hydrogen) atoms. The van der Waals surface area contributed by atoms with E-state index < -0.39 is 45.6 Å². The molecule has 2 saturated heterocycles. The Balaban J connectivity index is 1.44. The summed E-state index contributed by atoms with van der Waals surface area (Å²) in [6, 6.07) is 3.66. The molecule has 1 aliphatic carbocycles. The summed E-state index contributed by atoms with van der Waals surface area (Å²) in [5, 5.41) is 11.8. The van der Waals surface area contributed by atoms with Crippen LogP contribution >= 0.6 is 0 Å². The first-order chi connectivity index (χ1) is 18.6. The molecule has 0 aromatic heterocycles. The predicted molar refractivity (Wildman–Crippen MR) is 144 cm³/mol. The first-order valence-electron chi connectivity index (χ1n) is 13.9. The SMILES string of the molecule is CNC(C)C(=O)NC(C(=O)CS(=O)(=O)N1CCC2NCC(C(=O)NCc3ccc(F)cc3)C21)C1CCCCC1. The van der Waals surface area contributed by atoms with Crippen LogP contribution in [-0.2, 0) is 31.0 Å². The Morgan fingerprint density at radius 3 is 2.46 bits per heavy atom. The van der Waals surface area contributed by atoms with Gasteiger partial charge < -0.3 is 21.3 Å². The summed E-state index contributed by atoms with van der Waals surface area (Å²) in [6.07, 6.45) is 5.01. The van der Waals surface area contributed by atoms with Crippen LogP contribution in [0.4, 0.5) is 4.39 Å². The van der Waals surface area contributed by atoms with Crippen LogP contribution in [0.1, 0.15) is 51.0 Å². The van der Waals surface area contributed by atoms with Gasteiger partial charge in [-0.2, -0.15) is 4.31 Å². The van der Waals surface area contributed by atoms with Crippen molar-refractivity contribution in [2.24, 2.45) is 11.8 Å². The molecule has 1 aromatic rings. The van der Waals surface area contributed by atoms with Crippen molar-refractivity contribution in [3.8, 4) is 0 Å². The fraction of sp³-hybridized carbons (Fsp3) is 0.667. The molecule has 5 atom stereocenters. The molecule has 0 radical (unpaired) electrons. The zero-order valence-corrected chi connectivity index (χ0v) is 23.4. The van der Waals surface area contributed by atoms with Crippen LogP contribution in [0.2, 0.25) is 0 Å². The van der Waals surface area contributed by atoms with E-state index in [1.54, 1.807) is 26.1 Å². The third-order valence-electron chi connectivity index (χ3n) is 8.41. The lowest BCUT2D eigenvalue weighted by Gasteiger charge is -2.32. The van der Waals surface area contributed by atoms with E-state index in [2.05, 4.69) is 21.3 Å². The van der Waals surface area contributed by atoms with Crippen molar-refractivity contribution in [1.29, 1.82) is 0 Å². The molecule has 4 rings (SSSR count). The van der Waals surface area contributed by atoms with Crippen molar-refractivity contribution >= 4 is 27.6 Å². The van der Waals surface area contributed by atoms with Gasteiger partial charge >= 0.3 is 0 Å². The smallest absolute Gasteiger partial charge is 0.237 e. The largest absolute Gasteiger partial charge is 0.352 e. The third kappa shape index (κ3) is 7.03. The highest BCUT2D eigenvalue weighted by Gasteiger charge is 2.51. The average Bonchev–Trinajstić information content (AvgIpc) is 3.53. The Labute approximate surface area is 229 Å². The average molecular weight is 566 g/mol. The molecule has 216 valence electrons.